The predicted octanol–water partition coefficient (Wildman–Crippen LogP) is 1.62. The van der Waals surface area contributed by atoms with Crippen LogP contribution in [0.15, 0.2) is 0 Å². The fourth-order valence-corrected chi connectivity index (χ4v) is 2.05. The molecule has 1 aliphatic rings. The molecule has 1 fully saturated rings. The van der Waals surface area contributed by atoms with Crippen molar-refractivity contribution in [3.8, 4) is 0 Å². The molecule has 70 valence electrons. The number of aliphatic hydroxyl groups excluding tert-OH is 1. The van der Waals surface area contributed by atoms with E-state index in [0.717, 1.165) is 19.3 Å². The first kappa shape index (κ1) is 9.72. The fraction of sp³-hybridized carbons (Fsp3) is 0.900. The van der Waals surface area contributed by atoms with E-state index in [1.165, 1.54) is 0 Å². The van der Waals surface area contributed by atoms with Gasteiger partial charge in [0.1, 0.15) is 5.78 Å². The predicted molar refractivity (Wildman–Crippen MR) is 47.8 cm³/mol. The third kappa shape index (κ3) is 2.07. The maximum absolute atomic E-state index is 11.0. The topological polar surface area (TPSA) is 37.3 Å². The lowest BCUT2D eigenvalue weighted by molar-refractivity contribution is -0.120. The van der Waals surface area contributed by atoms with Crippen LogP contribution in [0.4, 0.5) is 0 Å². The smallest absolute Gasteiger partial charge is 0.132 e. The second-order valence-corrected chi connectivity index (χ2v) is 4.04. The molecular formula is C10H18O2. The highest BCUT2D eigenvalue weighted by Crippen LogP contribution is 2.35. The van der Waals surface area contributed by atoms with Crippen molar-refractivity contribution in [3.05, 3.63) is 0 Å². The van der Waals surface area contributed by atoms with Gasteiger partial charge in [-0.3, -0.25) is 4.79 Å². The summed E-state index contributed by atoms with van der Waals surface area (Å²) in [4.78, 5) is 11.0. The Bertz CT molecular complexity index is 165. The summed E-state index contributed by atoms with van der Waals surface area (Å²) in [6.07, 6.45) is 3.15. The molecule has 0 amide bonds. The van der Waals surface area contributed by atoms with E-state index in [1.807, 2.05) is 0 Å². The highest BCUT2D eigenvalue weighted by molar-refractivity contribution is 5.78. The lowest BCUT2D eigenvalue weighted by Crippen LogP contribution is -2.14. The molecule has 0 radical (unpaired) electrons. The van der Waals surface area contributed by atoms with E-state index in [-0.39, 0.29) is 12.5 Å². The Balaban J connectivity index is 2.40. The largest absolute Gasteiger partial charge is 0.396 e. The number of carbonyl (C=O) groups is 1. The minimum absolute atomic E-state index is 0.259. The number of carbonyl (C=O) groups excluding carboxylic acids is 1. The first-order chi connectivity index (χ1) is 5.65. The third-order valence-electron chi connectivity index (χ3n) is 3.14. The van der Waals surface area contributed by atoms with Crippen LogP contribution in [0, 0.1) is 17.8 Å². The zero-order valence-electron chi connectivity index (χ0n) is 7.92. The maximum Gasteiger partial charge on any atom is 0.132 e. The van der Waals surface area contributed by atoms with Gasteiger partial charge >= 0.3 is 0 Å². The lowest BCUT2D eigenvalue weighted by atomic mass is 9.92. The number of hydrogen-bond acceptors (Lipinski definition) is 2. The molecule has 0 aliphatic heterocycles. The normalized spacial score (nSPS) is 31.9. The number of rotatable bonds is 3. The standard InChI is InChI=1S/C10H18O2/c1-7(6-11)9-3-4-10(5-9)8(2)12/h7,9-11H,3-6H2,1-2H3. The minimum atomic E-state index is 0.259. The highest BCUT2D eigenvalue weighted by atomic mass is 16.3. The molecule has 0 heterocycles. The van der Waals surface area contributed by atoms with Gasteiger partial charge in [-0.15, -0.1) is 0 Å². The quantitative estimate of drug-likeness (QED) is 0.698. The van der Waals surface area contributed by atoms with Crippen LogP contribution >= 0.6 is 0 Å². The molecule has 12 heavy (non-hydrogen) atoms. The SMILES string of the molecule is CC(=O)C1CCC(C(C)CO)C1. The molecule has 3 atom stereocenters. The number of ketones is 1. The lowest BCUT2D eigenvalue weighted by Gasteiger charge is -2.15. The molecule has 1 saturated carbocycles. The van der Waals surface area contributed by atoms with Crippen molar-refractivity contribution in [1.29, 1.82) is 0 Å². The van der Waals surface area contributed by atoms with Crippen molar-refractivity contribution in [2.75, 3.05) is 6.61 Å². The van der Waals surface area contributed by atoms with Crippen LogP contribution < -0.4 is 0 Å². The summed E-state index contributed by atoms with van der Waals surface area (Å²) in [5, 5.41) is 8.94. The Hall–Kier alpha value is -0.370. The average Bonchev–Trinajstić information content (AvgIpc) is 2.51. The molecule has 2 heteroatoms. The molecule has 0 aromatic heterocycles. The first-order valence-electron chi connectivity index (χ1n) is 4.76. The van der Waals surface area contributed by atoms with Gasteiger partial charge in [0.15, 0.2) is 0 Å². The second kappa shape index (κ2) is 4.04. The van der Waals surface area contributed by atoms with E-state index in [1.54, 1.807) is 6.92 Å². The average molecular weight is 170 g/mol. The van der Waals surface area contributed by atoms with E-state index >= 15 is 0 Å². The summed E-state index contributed by atoms with van der Waals surface area (Å²) >= 11 is 0. The van der Waals surface area contributed by atoms with Crippen molar-refractivity contribution in [1.82, 2.24) is 0 Å². The van der Waals surface area contributed by atoms with Crippen LogP contribution in [0.25, 0.3) is 0 Å². The van der Waals surface area contributed by atoms with E-state index in [9.17, 15) is 4.79 Å². The van der Waals surface area contributed by atoms with Crippen LogP contribution in [0.5, 0.6) is 0 Å². The van der Waals surface area contributed by atoms with Crippen molar-refractivity contribution >= 4 is 5.78 Å². The molecule has 0 aromatic carbocycles. The van der Waals surface area contributed by atoms with Gasteiger partial charge in [0.05, 0.1) is 0 Å². The zero-order valence-corrected chi connectivity index (χ0v) is 7.92. The van der Waals surface area contributed by atoms with Crippen LogP contribution in [0.1, 0.15) is 33.1 Å². The third-order valence-corrected chi connectivity index (χ3v) is 3.14. The highest BCUT2D eigenvalue weighted by Gasteiger charge is 2.30. The van der Waals surface area contributed by atoms with Crippen LogP contribution in [-0.2, 0) is 4.79 Å². The zero-order chi connectivity index (χ0) is 9.14. The Labute approximate surface area is 74.0 Å². The molecule has 1 aliphatic carbocycles. The Morgan fingerprint density at radius 2 is 2.25 bits per heavy atom. The first-order valence-corrected chi connectivity index (χ1v) is 4.76. The van der Waals surface area contributed by atoms with Crippen molar-refractivity contribution in [2.24, 2.45) is 17.8 Å². The number of Topliss-reactive ketones (excluding diaryl/α,β-unsaturated/α-hetero) is 1. The molecule has 0 bridgehead atoms. The van der Waals surface area contributed by atoms with Gasteiger partial charge in [-0.25, -0.2) is 0 Å². The van der Waals surface area contributed by atoms with E-state index < -0.39 is 0 Å². The Kier molecular flexibility index (Phi) is 3.27. The molecule has 3 unspecified atom stereocenters. The summed E-state index contributed by atoms with van der Waals surface area (Å²) in [6, 6.07) is 0. The monoisotopic (exact) mass is 170 g/mol. The van der Waals surface area contributed by atoms with E-state index in [2.05, 4.69) is 6.92 Å². The van der Waals surface area contributed by atoms with Gasteiger partial charge in [-0.05, 0) is 38.0 Å². The van der Waals surface area contributed by atoms with Crippen molar-refractivity contribution < 1.29 is 9.90 Å². The van der Waals surface area contributed by atoms with E-state index in [0.29, 0.717) is 17.6 Å². The summed E-state index contributed by atoms with van der Waals surface area (Å²) < 4.78 is 0. The maximum atomic E-state index is 11.0. The Morgan fingerprint density at radius 1 is 1.58 bits per heavy atom. The summed E-state index contributed by atoms with van der Waals surface area (Å²) in [7, 11) is 0. The molecule has 0 saturated heterocycles. The van der Waals surface area contributed by atoms with Gasteiger partial charge in [0.2, 0.25) is 0 Å². The van der Waals surface area contributed by atoms with Gasteiger partial charge < -0.3 is 5.11 Å². The van der Waals surface area contributed by atoms with Crippen LogP contribution in [0.2, 0.25) is 0 Å². The Morgan fingerprint density at radius 3 is 2.67 bits per heavy atom. The van der Waals surface area contributed by atoms with Crippen molar-refractivity contribution in [2.45, 2.75) is 33.1 Å². The van der Waals surface area contributed by atoms with Crippen molar-refractivity contribution in [3.63, 3.8) is 0 Å². The molecule has 0 aromatic rings. The molecular weight excluding hydrogens is 152 g/mol. The van der Waals surface area contributed by atoms with E-state index in [4.69, 9.17) is 5.11 Å². The summed E-state index contributed by atoms with van der Waals surface area (Å²) in [5.41, 5.74) is 0. The van der Waals surface area contributed by atoms with Gasteiger partial charge in [0.25, 0.3) is 0 Å². The molecule has 2 nitrogen and oxygen atoms in total. The number of hydrogen-bond donors (Lipinski definition) is 1. The van der Waals surface area contributed by atoms with Crippen LogP contribution in [0.3, 0.4) is 0 Å². The van der Waals surface area contributed by atoms with Crippen LogP contribution in [-0.4, -0.2) is 17.5 Å². The molecule has 1 N–H and O–H groups in total. The molecule has 0 spiro atoms. The summed E-state index contributed by atoms with van der Waals surface area (Å²) in [5.74, 6) is 1.55. The second-order valence-electron chi connectivity index (χ2n) is 4.04. The fourth-order valence-electron chi connectivity index (χ4n) is 2.05. The number of aliphatic hydroxyl groups is 1. The van der Waals surface area contributed by atoms with Gasteiger partial charge in [-0.1, -0.05) is 6.92 Å². The minimum Gasteiger partial charge on any atom is -0.396 e. The molecule has 1 rings (SSSR count). The van der Waals surface area contributed by atoms with Gasteiger partial charge in [0, 0.05) is 12.5 Å². The summed E-state index contributed by atoms with van der Waals surface area (Å²) in [6.45, 7) is 4.00. The van der Waals surface area contributed by atoms with Gasteiger partial charge in [-0.2, -0.15) is 0 Å².